The van der Waals surface area contributed by atoms with E-state index in [0.717, 1.165) is 22.4 Å². The molecular formula is C15H15N3O4S. The third kappa shape index (κ3) is 1.98. The number of amides is 2. The van der Waals surface area contributed by atoms with Crippen molar-refractivity contribution in [3.05, 3.63) is 12.1 Å². The van der Waals surface area contributed by atoms with Gasteiger partial charge in [-0.2, -0.15) is 0 Å². The van der Waals surface area contributed by atoms with Gasteiger partial charge in [-0.3, -0.25) is 4.90 Å². The molecule has 8 heteroatoms. The van der Waals surface area contributed by atoms with Crippen LogP contribution in [0.5, 0.6) is 11.5 Å². The fourth-order valence-electron chi connectivity index (χ4n) is 3.37. The molecule has 0 spiro atoms. The van der Waals surface area contributed by atoms with Gasteiger partial charge in [0.05, 0.1) is 23.4 Å². The Bertz CT molecular complexity index is 792. The quantitative estimate of drug-likeness (QED) is 0.861. The minimum atomic E-state index is -0.101. The van der Waals surface area contributed by atoms with E-state index in [-0.39, 0.29) is 18.1 Å². The van der Waals surface area contributed by atoms with E-state index in [9.17, 15) is 4.79 Å². The summed E-state index contributed by atoms with van der Waals surface area (Å²) in [4.78, 5) is 18.8. The minimum Gasteiger partial charge on any atom is -0.486 e. The SMILES string of the molecule is O=C1NC2COCCC2N1c1nc2c3c(ccc2s1)OCCO3. The smallest absolute Gasteiger partial charge is 0.324 e. The normalized spacial score (nSPS) is 26.3. The second kappa shape index (κ2) is 4.97. The van der Waals surface area contributed by atoms with E-state index in [4.69, 9.17) is 14.2 Å². The van der Waals surface area contributed by atoms with Crippen LogP contribution in [0, 0.1) is 0 Å². The lowest BCUT2D eigenvalue weighted by Crippen LogP contribution is -2.43. The second-order valence-electron chi connectivity index (χ2n) is 5.79. The predicted molar refractivity (Wildman–Crippen MR) is 84.6 cm³/mol. The number of hydrogen-bond acceptors (Lipinski definition) is 6. The van der Waals surface area contributed by atoms with Crippen molar-refractivity contribution in [3.63, 3.8) is 0 Å². The molecule has 23 heavy (non-hydrogen) atoms. The highest BCUT2D eigenvalue weighted by molar-refractivity contribution is 7.22. The molecule has 2 amide bonds. The average molecular weight is 333 g/mol. The Morgan fingerprint density at radius 2 is 2.17 bits per heavy atom. The zero-order valence-corrected chi connectivity index (χ0v) is 13.1. The monoisotopic (exact) mass is 333 g/mol. The topological polar surface area (TPSA) is 72.9 Å². The Labute approximate surface area is 136 Å². The maximum Gasteiger partial charge on any atom is 0.324 e. The maximum absolute atomic E-state index is 12.4. The van der Waals surface area contributed by atoms with E-state index in [1.54, 1.807) is 4.90 Å². The first-order valence-electron chi connectivity index (χ1n) is 7.68. The van der Waals surface area contributed by atoms with Crippen LogP contribution in [0.3, 0.4) is 0 Å². The van der Waals surface area contributed by atoms with E-state index in [1.165, 1.54) is 11.3 Å². The number of ether oxygens (including phenoxy) is 3. The van der Waals surface area contributed by atoms with Crippen molar-refractivity contribution in [3.8, 4) is 11.5 Å². The summed E-state index contributed by atoms with van der Waals surface area (Å²) < 4.78 is 17.8. The van der Waals surface area contributed by atoms with E-state index in [2.05, 4.69) is 10.3 Å². The summed E-state index contributed by atoms with van der Waals surface area (Å²) >= 11 is 1.50. The highest BCUT2D eigenvalue weighted by Crippen LogP contribution is 2.42. The Hall–Kier alpha value is -2.06. The van der Waals surface area contributed by atoms with Gasteiger partial charge in [0.1, 0.15) is 18.7 Å². The minimum absolute atomic E-state index is 0.0387. The molecule has 3 aliphatic heterocycles. The molecule has 0 bridgehead atoms. The van der Waals surface area contributed by atoms with Gasteiger partial charge in [0.25, 0.3) is 0 Å². The number of rotatable bonds is 1. The molecule has 7 nitrogen and oxygen atoms in total. The summed E-state index contributed by atoms with van der Waals surface area (Å²) in [5.41, 5.74) is 0.769. The number of carbonyl (C=O) groups excluding carboxylic acids is 1. The zero-order valence-electron chi connectivity index (χ0n) is 12.3. The summed E-state index contributed by atoms with van der Waals surface area (Å²) in [5.74, 6) is 1.40. The Morgan fingerprint density at radius 3 is 3.13 bits per heavy atom. The van der Waals surface area contributed by atoms with Crippen LogP contribution < -0.4 is 19.7 Å². The lowest BCUT2D eigenvalue weighted by atomic mass is 10.1. The fourth-order valence-corrected chi connectivity index (χ4v) is 4.39. The third-order valence-electron chi connectivity index (χ3n) is 4.44. The first-order valence-corrected chi connectivity index (χ1v) is 8.49. The number of benzene rings is 1. The van der Waals surface area contributed by atoms with E-state index in [1.807, 2.05) is 12.1 Å². The van der Waals surface area contributed by atoms with E-state index < -0.39 is 0 Å². The lowest BCUT2D eigenvalue weighted by molar-refractivity contribution is 0.0717. The summed E-state index contributed by atoms with van der Waals surface area (Å²) in [7, 11) is 0. The standard InChI is InChI=1S/C15H15N3O4S/c19-14-16-8-7-20-4-3-9(8)18(14)15-17-12-11(23-15)2-1-10-13(12)22-6-5-21-10/h1-2,8-9H,3-7H2,(H,16,19). The third-order valence-corrected chi connectivity index (χ3v) is 5.46. The zero-order chi connectivity index (χ0) is 15.4. The number of fused-ring (bicyclic) bond motifs is 4. The Balaban J connectivity index is 1.59. The number of aromatic nitrogens is 1. The fraction of sp³-hybridized carbons (Fsp3) is 0.467. The number of hydrogen-bond donors (Lipinski definition) is 1. The number of urea groups is 1. The lowest BCUT2D eigenvalue weighted by Gasteiger charge is -2.28. The van der Waals surface area contributed by atoms with E-state index >= 15 is 0 Å². The molecule has 1 aromatic carbocycles. The number of anilines is 1. The van der Waals surface area contributed by atoms with Crippen LogP contribution in [-0.2, 0) is 4.74 Å². The van der Waals surface area contributed by atoms with Crippen LogP contribution in [0.25, 0.3) is 10.2 Å². The molecule has 2 saturated heterocycles. The molecule has 3 aliphatic rings. The van der Waals surface area contributed by atoms with Crippen molar-refractivity contribution in [1.29, 1.82) is 0 Å². The van der Waals surface area contributed by atoms with Gasteiger partial charge < -0.3 is 19.5 Å². The van der Waals surface area contributed by atoms with Crippen LogP contribution in [0.4, 0.5) is 9.93 Å². The molecule has 5 rings (SSSR count). The van der Waals surface area contributed by atoms with E-state index in [0.29, 0.717) is 37.3 Å². The Morgan fingerprint density at radius 1 is 1.26 bits per heavy atom. The molecule has 2 aromatic rings. The van der Waals surface area contributed by atoms with Crippen molar-refractivity contribution in [2.45, 2.75) is 18.5 Å². The summed E-state index contributed by atoms with van der Waals surface area (Å²) in [6.45, 7) is 2.30. The van der Waals surface area contributed by atoms with Crippen LogP contribution in [0.15, 0.2) is 12.1 Å². The highest BCUT2D eigenvalue weighted by atomic mass is 32.1. The predicted octanol–water partition coefficient (Wildman–Crippen LogP) is 1.75. The molecule has 0 radical (unpaired) electrons. The average Bonchev–Trinajstić information content (AvgIpc) is 3.14. The molecule has 2 unspecified atom stereocenters. The number of carbonyl (C=O) groups is 1. The van der Waals surface area contributed by atoms with Crippen molar-refractivity contribution in [2.24, 2.45) is 0 Å². The van der Waals surface area contributed by atoms with Crippen LogP contribution in [0.1, 0.15) is 6.42 Å². The first-order chi connectivity index (χ1) is 11.3. The summed E-state index contributed by atoms with van der Waals surface area (Å²) in [5, 5.41) is 3.69. The van der Waals surface area contributed by atoms with Gasteiger partial charge >= 0.3 is 6.03 Å². The molecule has 0 aliphatic carbocycles. The molecule has 1 N–H and O–H groups in total. The van der Waals surface area contributed by atoms with Gasteiger partial charge in [-0.05, 0) is 18.6 Å². The van der Waals surface area contributed by atoms with Gasteiger partial charge in [0, 0.05) is 6.61 Å². The molecule has 2 fully saturated rings. The maximum atomic E-state index is 12.4. The molecule has 120 valence electrons. The van der Waals surface area contributed by atoms with Crippen molar-refractivity contribution >= 4 is 32.7 Å². The van der Waals surface area contributed by atoms with Gasteiger partial charge in [-0.15, -0.1) is 0 Å². The highest BCUT2D eigenvalue weighted by Gasteiger charge is 2.43. The Kier molecular flexibility index (Phi) is 2.89. The van der Waals surface area contributed by atoms with Crippen molar-refractivity contribution in [1.82, 2.24) is 10.3 Å². The molecule has 4 heterocycles. The van der Waals surface area contributed by atoms with Gasteiger partial charge in [-0.1, -0.05) is 11.3 Å². The molecule has 0 saturated carbocycles. The van der Waals surface area contributed by atoms with Crippen LogP contribution >= 0.6 is 11.3 Å². The molecule has 2 atom stereocenters. The van der Waals surface area contributed by atoms with Crippen LogP contribution in [-0.4, -0.2) is 49.5 Å². The number of nitrogens with zero attached hydrogens (tertiary/aromatic N) is 2. The molecule has 1 aromatic heterocycles. The number of nitrogens with one attached hydrogen (secondary N) is 1. The largest absolute Gasteiger partial charge is 0.486 e. The first kappa shape index (κ1) is 13.4. The molecular weight excluding hydrogens is 318 g/mol. The van der Waals surface area contributed by atoms with Gasteiger partial charge in [0.15, 0.2) is 16.6 Å². The number of thiazole rings is 1. The van der Waals surface area contributed by atoms with Crippen molar-refractivity contribution in [2.75, 3.05) is 31.3 Å². The summed E-state index contributed by atoms with van der Waals surface area (Å²) in [6, 6.07) is 3.91. The second-order valence-corrected chi connectivity index (χ2v) is 6.80. The van der Waals surface area contributed by atoms with Gasteiger partial charge in [0.2, 0.25) is 0 Å². The van der Waals surface area contributed by atoms with Gasteiger partial charge in [-0.25, -0.2) is 9.78 Å². The van der Waals surface area contributed by atoms with Crippen LogP contribution in [0.2, 0.25) is 0 Å². The van der Waals surface area contributed by atoms with Crippen molar-refractivity contribution < 1.29 is 19.0 Å². The summed E-state index contributed by atoms with van der Waals surface area (Å²) in [6.07, 6.45) is 0.817.